The van der Waals surface area contributed by atoms with Gasteiger partial charge in [0.05, 0.1) is 6.26 Å². The number of amides is 1. The molecular formula is C13H16N2O3S. The van der Waals surface area contributed by atoms with Crippen molar-refractivity contribution in [3.05, 3.63) is 29.0 Å². The van der Waals surface area contributed by atoms with Gasteiger partial charge in [-0.3, -0.25) is 4.79 Å². The second kappa shape index (κ2) is 6.49. The van der Waals surface area contributed by atoms with Crippen LogP contribution in [0.5, 0.6) is 0 Å². The monoisotopic (exact) mass is 280 g/mol. The van der Waals surface area contributed by atoms with Crippen molar-refractivity contribution in [3.63, 3.8) is 0 Å². The van der Waals surface area contributed by atoms with Crippen LogP contribution in [-0.4, -0.2) is 29.1 Å². The van der Waals surface area contributed by atoms with Crippen LogP contribution < -0.4 is 5.32 Å². The number of aryl methyl sites for hydroxylation is 1. The Hall–Kier alpha value is -1.66. The van der Waals surface area contributed by atoms with Crippen molar-refractivity contribution in [2.45, 2.75) is 19.8 Å². The molecule has 0 radical (unpaired) electrons. The first-order valence-electron chi connectivity index (χ1n) is 6.12. The molecule has 2 aromatic heterocycles. The van der Waals surface area contributed by atoms with Crippen molar-refractivity contribution >= 4 is 17.2 Å². The zero-order valence-corrected chi connectivity index (χ0v) is 11.5. The number of carbonyl (C=O) groups is 1. The average Bonchev–Trinajstić information content (AvgIpc) is 3.03. The van der Waals surface area contributed by atoms with Crippen LogP contribution in [0, 0.1) is 6.92 Å². The molecule has 6 heteroatoms. The number of hydrogen-bond acceptors (Lipinski definition) is 5. The lowest BCUT2D eigenvalue weighted by molar-refractivity contribution is 0.0947. The van der Waals surface area contributed by atoms with Gasteiger partial charge in [0.15, 0.2) is 10.8 Å². The van der Waals surface area contributed by atoms with Crippen molar-refractivity contribution in [2.24, 2.45) is 0 Å². The number of furan rings is 1. The van der Waals surface area contributed by atoms with Gasteiger partial charge in [-0.2, -0.15) is 0 Å². The highest BCUT2D eigenvalue weighted by molar-refractivity contribution is 7.15. The molecule has 5 nitrogen and oxygen atoms in total. The smallest absolute Gasteiger partial charge is 0.271 e. The average molecular weight is 280 g/mol. The maximum atomic E-state index is 12.0. The molecule has 2 aromatic rings. The molecular weight excluding hydrogens is 264 g/mol. The van der Waals surface area contributed by atoms with Crippen LogP contribution in [0.2, 0.25) is 0 Å². The van der Waals surface area contributed by atoms with Gasteiger partial charge < -0.3 is 14.8 Å². The maximum Gasteiger partial charge on any atom is 0.271 e. The third kappa shape index (κ3) is 3.42. The first-order chi connectivity index (χ1) is 9.22. The molecule has 0 aliphatic rings. The van der Waals surface area contributed by atoms with Crippen molar-refractivity contribution in [3.8, 4) is 10.8 Å². The van der Waals surface area contributed by atoms with Crippen LogP contribution in [0.25, 0.3) is 10.8 Å². The molecule has 102 valence electrons. The summed E-state index contributed by atoms with van der Waals surface area (Å²) in [7, 11) is 0. The second-order valence-corrected chi connectivity index (χ2v) is 5.29. The predicted molar refractivity (Wildman–Crippen MR) is 73.2 cm³/mol. The van der Waals surface area contributed by atoms with Gasteiger partial charge in [-0.05, 0) is 31.9 Å². The number of aliphatic hydroxyl groups excluding tert-OH is 1. The molecule has 0 spiro atoms. The molecule has 0 aliphatic heterocycles. The van der Waals surface area contributed by atoms with Crippen molar-refractivity contribution in [1.82, 2.24) is 10.3 Å². The van der Waals surface area contributed by atoms with E-state index in [0.29, 0.717) is 29.4 Å². The summed E-state index contributed by atoms with van der Waals surface area (Å²) in [6, 6.07) is 3.61. The Morgan fingerprint density at radius 3 is 3.05 bits per heavy atom. The molecule has 0 atom stereocenters. The maximum absolute atomic E-state index is 12.0. The predicted octanol–water partition coefficient (Wildman–Crippen LogP) is 2.21. The lowest BCUT2D eigenvalue weighted by Crippen LogP contribution is -2.25. The highest BCUT2D eigenvalue weighted by Crippen LogP contribution is 2.27. The molecule has 0 bridgehead atoms. The highest BCUT2D eigenvalue weighted by atomic mass is 32.1. The summed E-state index contributed by atoms with van der Waals surface area (Å²) in [5.41, 5.74) is 0.445. The molecule has 0 saturated carbocycles. The Morgan fingerprint density at radius 1 is 1.53 bits per heavy atom. The van der Waals surface area contributed by atoms with E-state index in [2.05, 4.69) is 10.3 Å². The van der Waals surface area contributed by atoms with E-state index in [-0.39, 0.29) is 12.5 Å². The minimum absolute atomic E-state index is 0.147. The number of unbranched alkanes of at least 4 members (excludes halogenated alkanes) is 1. The van der Waals surface area contributed by atoms with Crippen LogP contribution in [0.15, 0.2) is 22.8 Å². The summed E-state index contributed by atoms with van der Waals surface area (Å²) in [4.78, 5) is 17.1. The Morgan fingerprint density at radius 2 is 2.37 bits per heavy atom. The summed E-state index contributed by atoms with van der Waals surface area (Å²) in [5, 5.41) is 12.2. The first-order valence-corrected chi connectivity index (χ1v) is 6.94. The summed E-state index contributed by atoms with van der Waals surface area (Å²) in [5.74, 6) is 0.497. The number of nitrogens with zero attached hydrogens (tertiary/aromatic N) is 1. The van der Waals surface area contributed by atoms with Crippen molar-refractivity contribution in [2.75, 3.05) is 13.2 Å². The Bertz CT molecular complexity index is 534. The summed E-state index contributed by atoms with van der Waals surface area (Å²) >= 11 is 1.44. The van der Waals surface area contributed by atoms with Gasteiger partial charge >= 0.3 is 0 Å². The molecule has 2 N–H and O–H groups in total. The van der Waals surface area contributed by atoms with Crippen molar-refractivity contribution in [1.29, 1.82) is 0 Å². The topological polar surface area (TPSA) is 75.4 Å². The molecule has 0 saturated heterocycles. The Kier molecular flexibility index (Phi) is 4.70. The largest absolute Gasteiger partial charge is 0.462 e. The number of carbonyl (C=O) groups excluding carboxylic acids is 1. The Balaban J connectivity index is 2.02. The molecule has 0 unspecified atom stereocenters. The van der Waals surface area contributed by atoms with Gasteiger partial charge in [-0.1, -0.05) is 0 Å². The fourth-order valence-corrected chi connectivity index (χ4v) is 2.51. The van der Waals surface area contributed by atoms with E-state index in [4.69, 9.17) is 9.52 Å². The van der Waals surface area contributed by atoms with Gasteiger partial charge in [0.2, 0.25) is 0 Å². The van der Waals surface area contributed by atoms with Gasteiger partial charge in [-0.15, -0.1) is 11.3 Å². The molecule has 0 aromatic carbocycles. The van der Waals surface area contributed by atoms with Crippen molar-refractivity contribution < 1.29 is 14.3 Å². The number of hydrogen-bond donors (Lipinski definition) is 2. The van der Waals surface area contributed by atoms with Gasteiger partial charge in [0, 0.05) is 18.0 Å². The third-order valence-corrected chi connectivity index (χ3v) is 3.60. The van der Waals surface area contributed by atoms with E-state index in [1.165, 1.54) is 11.3 Å². The molecule has 1 amide bonds. The molecule has 0 fully saturated rings. The third-order valence-electron chi connectivity index (χ3n) is 2.61. The van der Waals surface area contributed by atoms with Crippen LogP contribution in [0.4, 0.5) is 0 Å². The van der Waals surface area contributed by atoms with E-state index in [1.54, 1.807) is 12.3 Å². The van der Waals surface area contributed by atoms with E-state index >= 15 is 0 Å². The lowest BCUT2D eigenvalue weighted by Gasteiger charge is -2.02. The fourth-order valence-electron chi connectivity index (χ4n) is 1.64. The first kappa shape index (κ1) is 13.8. The number of rotatable bonds is 6. The van der Waals surface area contributed by atoms with E-state index in [9.17, 15) is 4.79 Å². The zero-order chi connectivity index (χ0) is 13.7. The van der Waals surface area contributed by atoms with Crippen LogP contribution >= 0.6 is 11.3 Å². The normalized spacial score (nSPS) is 10.6. The van der Waals surface area contributed by atoms with Gasteiger partial charge in [0.1, 0.15) is 5.69 Å². The number of thiazole rings is 1. The summed E-state index contributed by atoms with van der Waals surface area (Å²) in [6.45, 7) is 2.56. The van der Waals surface area contributed by atoms with E-state index in [1.807, 2.05) is 13.0 Å². The molecule has 2 rings (SSSR count). The second-order valence-electron chi connectivity index (χ2n) is 4.09. The minimum atomic E-state index is -0.176. The van der Waals surface area contributed by atoms with Crippen LogP contribution in [0.3, 0.4) is 0 Å². The molecule has 19 heavy (non-hydrogen) atoms. The summed E-state index contributed by atoms with van der Waals surface area (Å²) in [6.07, 6.45) is 3.03. The summed E-state index contributed by atoms with van der Waals surface area (Å²) < 4.78 is 5.27. The lowest BCUT2D eigenvalue weighted by atomic mass is 10.3. The Labute approximate surface area is 115 Å². The number of aliphatic hydroxyl groups is 1. The minimum Gasteiger partial charge on any atom is -0.462 e. The van der Waals surface area contributed by atoms with E-state index in [0.717, 1.165) is 11.3 Å². The number of aromatic nitrogens is 1. The quantitative estimate of drug-likeness (QED) is 0.795. The SMILES string of the molecule is Cc1sc(-c2ccco2)nc1C(=O)NCCCCO. The van der Waals surface area contributed by atoms with Crippen LogP contribution in [-0.2, 0) is 0 Å². The van der Waals surface area contributed by atoms with E-state index < -0.39 is 0 Å². The highest BCUT2D eigenvalue weighted by Gasteiger charge is 2.16. The zero-order valence-electron chi connectivity index (χ0n) is 10.7. The van der Waals surface area contributed by atoms with Gasteiger partial charge in [0.25, 0.3) is 5.91 Å². The fraction of sp³-hybridized carbons (Fsp3) is 0.385. The molecule has 0 aliphatic carbocycles. The number of nitrogens with one attached hydrogen (secondary N) is 1. The van der Waals surface area contributed by atoms with Gasteiger partial charge in [-0.25, -0.2) is 4.98 Å². The van der Waals surface area contributed by atoms with Crippen LogP contribution in [0.1, 0.15) is 28.2 Å². The molecule has 2 heterocycles. The standard InChI is InChI=1S/C13H16N2O3S/c1-9-11(12(17)14-6-2-3-7-16)15-13(19-9)10-5-4-8-18-10/h4-5,8,16H,2-3,6-7H2,1H3,(H,14,17).